The van der Waals surface area contributed by atoms with E-state index in [0.717, 1.165) is 21.4 Å². The first kappa shape index (κ1) is 13.6. The number of aryl methyl sites for hydroxylation is 1. The average Bonchev–Trinajstić information content (AvgIpc) is 3.08. The molecule has 1 amide bonds. The van der Waals surface area contributed by atoms with Gasteiger partial charge in [0.25, 0.3) is 5.91 Å². The van der Waals surface area contributed by atoms with Crippen molar-refractivity contribution in [3.05, 3.63) is 58.8 Å². The number of nitrogens with zero attached hydrogens (tertiary/aromatic N) is 1. The Morgan fingerprint density at radius 2 is 2.10 bits per heavy atom. The average molecular weight is 346 g/mol. The quantitative estimate of drug-likeness (QED) is 0.753. The number of amides is 1. The van der Waals surface area contributed by atoms with Gasteiger partial charge in [0.05, 0.1) is 0 Å². The van der Waals surface area contributed by atoms with Gasteiger partial charge in [0, 0.05) is 28.8 Å². The van der Waals surface area contributed by atoms with Crippen molar-refractivity contribution in [2.24, 2.45) is 0 Å². The van der Waals surface area contributed by atoms with E-state index in [1.807, 2.05) is 24.3 Å². The van der Waals surface area contributed by atoms with Gasteiger partial charge in [-0.05, 0) is 34.1 Å². The summed E-state index contributed by atoms with van der Waals surface area (Å²) in [6.45, 7) is 1.80. The van der Waals surface area contributed by atoms with Crippen molar-refractivity contribution < 1.29 is 9.21 Å². The summed E-state index contributed by atoms with van der Waals surface area (Å²) in [4.78, 5) is 19.1. The molecule has 0 atom stereocenters. The molecule has 0 aliphatic heterocycles. The lowest BCUT2D eigenvalue weighted by atomic mass is 10.1. The zero-order valence-electron chi connectivity index (χ0n) is 11.2. The monoisotopic (exact) mass is 345 g/mol. The molecule has 5 nitrogen and oxygen atoms in total. The Kier molecular flexibility index (Phi) is 3.62. The van der Waals surface area contributed by atoms with Crippen molar-refractivity contribution in [3.63, 3.8) is 0 Å². The Labute approximate surface area is 129 Å². The van der Waals surface area contributed by atoms with Crippen molar-refractivity contribution in [1.29, 1.82) is 0 Å². The van der Waals surface area contributed by atoms with E-state index in [1.54, 1.807) is 25.5 Å². The molecule has 106 valence electrons. The van der Waals surface area contributed by atoms with Gasteiger partial charge in [-0.15, -0.1) is 0 Å². The number of aromatic nitrogens is 2. The number of carbonyl (C=O) groups excluding carboxylic acids is 1. The van der Waals surface area contributed by atoms with Crippen LogP contribution < -0.4 is 5.32 Å². The Morgan fingerprint density at radius 1 is 1.33 bits per heavy atom. The number of hydrogen-bond donors (Lipinski definition) is 2. The molecule has 2 N–H and O–H groups in total. The van der Waals surface area contributed by atoms with Crippen molar-refractivity contribution >= 4 is 27.5 Å². The van der Waals surface area contributed by atoms with Crippen molar-refractivity contribution in [2.75, 3.05) is 5.32 Å². The summed E-state index contributed by atoms with van der Waals surface area (Å²) < 4.78 is 6.02. The molecule has 0 unspecified atom stereocenters. The summed E-state index contributed by atoms with van der Waals surface area (Å²) in [6, 6.07) is 9.15. The minimum Gasteiger partial charge on any atom is -0.449 e. The van der Waals surface area contributed by atoms with E-state index in [0.29, 0.717) is 11.6 Å². The lowest BCUT2D eigenvalue weighted by Crippen LogP contribution is -2.11. The highest BCUT2D eigenvalue weighted by atomic mass is 79.9. The van der Waals surface area contributed by atoms with Gasteiger partial charge in [-0.1, -0.05) is 12.1 Å². The van der Waals surface area contributed by atoms with Crippen LogP contribution in [-0.2, 0) is 0 Å². The minimum atomic E-state index is -0.189. The highest BCUT2D eigenvalue weighted by Gasteiger charge is 2.09. The van der Waals surface area contributed by atoms with Gasteiger partial charge in [0.2, 0.25) is 0 Å². The molecule has 0 saturated heterocycles. The number of anilines is 1. The van der Waals surface area contributed by atoms with Crippen molar-refractivity contribution in [2.45, 2.75) is 6.92 Å². The van der Waals surface area contributed by atoms with Crippen LogP contribution in [0.1, 0.15) is 16.4 Å². The van der Waals surface area contributed by atoms with Crippen LogP contribution in [0.4, 0.5) is 5.69 Å². The van der Waals surface area contributed by atoms with E-state index in [1.165, 1.54) is 0 Å². The second-order valence-electron chi connectivity index (χ2n) is 4.51. The number of aromatic amines is 1. The molecule has 0 radical (unpaired) electrons. The minimum absolute atomic E-state index is 0.189. The fourth-order valence-corrected chi connectivity index (χ4v) is 2.26. The molecule has 0 aliphatic rings. The van der Waals surface area contributed by atoms with Gasteiger partial charge in [-0.2, -0.15) is 0 Å². The third kappa shape index (κ3) is 3.05. The first-order valence-electron chi connectivity index (χ1n) is 6.29. The molecule has 0 bridgehead atoms. The van der Waals surface area contributed by atoms with Crippen LogP contribution in [0.15, 0.2) is 51.7 Å². The molecule has 3 aromatic rings. The van der Waals surface area contributed by atoms with Gasteiger partial charge < -0.3 is 14.7 Å². The van der Waals surface area contributed by atoms with E-state index in [2.05, 4.69) is 31.2 Å². The summed E-state index contributed by atoms with van der Waals surface area (Å²) in [5.74, 6) is 0.436. The molecular weight excluding hydrogens is 334 g/mol. The predicted molar refractivity (Wildman–Crippen MR) is 83.1 cm³/mol. The lowest BCUT2D eigenvalue weighted by Gasteiger charge is -2.04. The molecule has 0 fully saturated rings. The first-order chi connectivity index (χ1) is 10.1. The third-order valence-corrected chi connectivity index (χ3v) is 3.41. The molecule has 3 rings (SSSR count). The fourth-order valence-electron chi connectivity index (χ4n) is 1.92. The smallest absolute Gasteiger partial charge is 0.272 e. The molecule has 0 aliphatic carbocycles. The second kappa shape index (κ2) is 5.57. The van der Waals surface area contributed by atoms with Crippen LogP contribution in [0.3, 0.4) is 0 Å². The maximum atomic E-state index is 12.0. The lowest BCUT2D eigenvalue weighted by molar-refractivity contribution is 0.102. The van der Waals surface area contributed by atoms with Gasteiger partial charge in [-0.25, -0.2) is 4.98 Å². The predicted octanol–water partition coefficient (Wildman–Crippen LogP) is 3.99. The Morgan fingerprint density at radius 3 is 2.67 bits per heavy atom. The number of halogens is 1. The second-order valence-corrected chi connectivity index (χ2v) is 5.43. The van der Waals surface area contributed by atoms with Crippen LogP contribution in [0.2, 0.25) is 0 Å². The number of carbonyl (C=O) groups is 1. The highest BCUT2D eigenvalue weighted by molar-refractivity contribution is 9.10. The van der Waals surface area contributed by atoms with Crippen LogP contribution in [0.5, 0.6) is 0 Å². The Hall–Kier alpha value is -2.34. The van der Waals surface area contributed by atoms with Crippen molar-refractivity contribution in [1.82, 2.24) is 9.97 Å². The molecule has 1 aromatic carbocycles. The zero-order chi connectivity index (χ0) is 14.8. The normalized spacial score (nSPS) is 10.6. The fraction of sp³-hybridized carbons (Fsp3) is 0.0667. The zero-order valence-corrected chi connectivity index (χ0v) is 12.8. The number of nitrogens with one attached hydrogen (secondary N) is 2. The standard InChI is InChI=1S/C15H12BrN3O2/c1-9-18-14(8-21-9)10-2-4-12(5-3-10)19-15(20)13-6-11(16)7-17-13/h2-8,17H,1H3,(H,19,20). The van der Waals surface area contributed by atoms with E-state index >= 15 is 0 Å². The van der Waals surface area contributed by atoms with E-state index < -0.39 is 0 Å². The molecular formula is C15H12BrN3O2. The highest BCUT2D eigenvalue weighted by Crippen LogP contribution is 2.21. The molecule has 6 heteroatoms. The topological polar surface area (TPSA) is 70.9 Å². The Balaban J connectivity index is 1.74. The summed E-state index contributed by atoms with van der Waals surface area (Å²) in [5.41, 5.74) is 2.93. The molecule has 2 heterocycles. The first-order valence-corrected chi connectivity index (χ1v) is 7.09. The van der Waals surface area contributed by atoms with Gasteiger partial charge >= 0.3 is 0 Å². The number of hydrogen-bond acceptors (Lipinski definition) is 3. The van der Waals surface area contributed by atoms with E-state index in [4.69, 9.17) is 4.42 Å². The number of oxazole rings is 1. The van der Waals surface area contributed by atoms with Crippen LogP contribution >= 0.6 is 15.9 Å². The maximum absolute atomic E-state index is 12.0. The molecule has 0 saturated carbocycles. The largest absolute Gasteiger partial charge is 0.449 e. The summed E-state index contributed by atoms with van der Waals surface area (Å²) in [7, 11) is 0. The maximum Gasteiger partial charge on any atom is 0.272 e. The summed E-state index contributed by atoms with van der Waals surface area (Å²) >= 11 is 3.30. The SMILES string of the molecule is Cc1nc(-c2ccc(NC(=O)c3cc(Br)c[nH]3)cc2)co1. The van der Waals surface area contributed by atoms with Crippen molar-refractivity contribution in [3.8, 4) is 11.3 Å². The van der Waals surface area contributed by atoms with Gasteiger partial charge in [0.1, 0.15) is 17.7 Å². The van der Waals surface area contributed by atoms with Crippen LogP contribution in [0, 0.1) is 6.92 Å². The molecule has 0 spiro atoms. The Bertz CT molecular complexity index is 774. The third-order valence-electron chi connectivity index (χ3n) is 2.95. The number of benzene rings is 1. The number of rotatable bonds is 3. The molecule has 21 heavy (non-hydrogen) atoms. The van der Waals surface area contributed by atoms with E-state index in [-0.39, 0.29) is 5.91 Å². The van der Waals surface area contributed by atoms with Crippen LogP contribution in [0.25, 0.3) is 11.3 Å². The summed E-state index contributed by atoms with van der Waals surface area (Å²) in [5, 5.41) is 2.82. The molecule has 2 aromatic heterocycles. The number of H-pyrrole nitrogens is 1. The van der Waals surface area contributed by atoms with Gasteiger partial charge in [-0.3, -0.25) is 4.79 Å². The summed E-state index contributed by atoms with van der Waals surface area (Å²) in [6.07, 6.45) is 3.32. The van der Waals surface area contributed by atoms with E-state index in [9.17, 15) is 4.79 Å². The van der Waals surface area contributed by atoms with Gasteiger partial charge in [0.15, 0.2) is 5.89 Å². The van der Waals surface area contributed by atoms with Crippen LogP contribution in [-0.4, -0.2) is 15.9 Å².